The van der Waals surface area contributed by atoms with Crippen LogP contribution in [0.1, 0.15) is 31.2 Å². The Bertz CT molecular complexity index is 1140. The summed E-state index contributed by atoms with van der Waals surface area (Å²) in [6.07, 6.45) is 0.759. The summed E-state index contributed by atoms with van der Waals surface area (Å²) in [4.78, 5) is 12.6. The van der Waals surface area contributed by atoms with Crippen LogP contribution in [0.25, 0.3) is 10.8 Å². The van der Waals surface area contributed by atoms with E-state index < -0.39 is 10.0 Å². The van der Waals surface area contributed by atoms with Crippen LogP contribution in [-0.2, 0) is 14.8 Å². The zero-order chi connectivity index (χ0) is 20.4. The molecule has 150 valence electrons. The van der Waals surface area contributed by atoms with Crippen molar-refractivity contribution in [1.29, 1.82) is 0 Å². The number of carbonyl (C=O) groups excluding carboxylic acids is 1. The SMILES string of the molecule is CC(CNC(=O)CCCN1c2cccc3cccc(c23)S1(=O)=O)c1ccccc1. The second-order valence-electron chi connectivity index (χ2n) is 7.43. The number of anilines is 1. The van der Waals surface area contributed by atoms with Crippen LogP contribution in [0.5, 0.6) is 0 Å². The number of hydrogen-bond acceptors (Lipinski definition) is 3. The van der Waals surface area contributed by atoms with Crippen LogP contribution < -0.4 is 9.62 Å². The van der Waals surface area contributed by atoms with Gasteiger partial charge in [-0.25, -0.2) is 8.42 Å². The van der Waals surface area contributed by atoms with Crippen molar-refractivity contribution in [3.8, 4) is 0 Å². The van der Waals surface area contributed by atoms with Gasteiger partial charge >= 0.3 is 0 Å². The smallest absolute Gasteiger partial charge is 0.265 e. The fourth-order valence-corrected chi connectivity index (χ4v) is 5.59. The molecule has 5 nitrogen and oxygen atoms in total. The summed E-state index contributed by atoms with van der Waals surface area (Å²) in [6, 6.07) is 21.0. The Balaban J connectivity index is 1.35. The lowest BCUT2D eigenvalue weighted by molar-refractivity contribution is -0.121. The van der Waals surface area contributed by atoms with Crippen LogP contribution in [-0.4, -0.2) is 27.4 Å². The van der Waals surface area contributed by atoms with E-state index in [4.69, 9.17) is 0 Å². The van der Waals surface area contributed by atoms with Gasteiger partial charge in [0.25, 0.3) is 10.0 Å². The van der Waals surface area contributed by atoms with E-state index in [0.29, 0.717) is 30.0 Å². The average molecular weight is 409 g/mol. The fourth-order valence-electron chi connectivity index (χ4n) is 3.84. The molecule has 0 saturated heterocycles. The number of rotatable bonds is 7. The second-order valence-corrected chi connectivity index (χ2v) is 9.26. The molecule has 0 aliphatic carbocycles. The highest BCUT2D eigenvalue weighted by molar-refractivity contribution is 7.93. The van der Waals surface area contributed by atoms with Crippen molar-refractivity contribution in [2.75, 3.05) is 17.4 Å². The van der Waals surface area contributed by atoms with E-state index in [1.807, 2.05) is 54.6 Å². The van der Waals surface area contributed by atoms with Gasteiger partial charge in [0.1, 0.15) is 0 Å². The Kier molecular flexibility index (Phi) is 5.28. The average Bonchev–Trinajstić information content (AvgIpc) is 2.96. The molecule has 1 heterocycles. The molecule has 3 aromatic rings. The quantitative estimate of drug-likeness (QED) is 0.641. The molecule has 1 N–H and O–H groups in total. The lowest BCUT2D eigenvalue weighted by Gasteiger charge is -2.19. The monoisotopic (exact) mass is 408 g/mol. The predicted molar refractivity (Wildman–Crippen MR) is 116 cm³/mol. The Morgan fingerprint density at radius 1 is 1.00 bits per heavy atom. The van der Waals surface area contributed by atoms with E-state index in [2.05, 4.69) is 12.2 Å². The van der Waals surface area contributed by atoms with Crippen LogP contribution in [0.15, 0.2) is 71.6 Å². The third kappa shape index (κ3) is 3.72. The minimum absolute atomic E-state index is 0.0555. The van der Waals surface area contributed by atoms with Crippen molar-refractivity contribution in [2.45, 2.75) is 30.6 Å². The standard InChI is InChI=1S/C23H24N2O3S/c1-17(18-8-3-2-4-9-18)16-24-22(26)14-7-15-25-20-12-5-10-19-11-6-13-21(23(19)20)29(25,27)28/h2-6,8-13,17H,7,14-16H2,1H3,(H,24,26). The summed E-state index contributed by atoms with van der Waals surface area (Å²) >= 11 is 0. The molecule has 0 aromatic heterocycles. The molecular weight excluding hydrogens is 384 g/mol. The summed E-state index contributed by atoms with van der Waals surface area (Å²) in [5.74, 6) is 0.173. The first kappa shape index (κ1) is 19.5. The normalized spacial score (nSPS) is 15.4. The first-order valence-electron chi connectivity index (χ1n) is 9.84. The molecule has 1 aliphatic rings. The maximum absolute atomic E-state index is 12.9. The van der Waals surface area contributed by atoms with Crippen LogP contribution in [0.4, 0.5) is 5.69 Å². The van der Waals surface area contributed by atoms with Crippen LogP contribution in [0, 0.1) is 0 Å². The molecule has 1 unspecified atom stereocenters. The van der Waals surface area contributed by atoms with E-state index in [0.717, 1.165) is 10.8 Å². The lowest BCUT2D eigenvalue weighted by Crippen LogP contribution is -2.31. The van der Waals surface area contributed by atoms with E-state index in [-0.39, 0.29) is 18.4 Å². The highest BCUT2D eigenvalue weighted by Crippen LogP contribution is 2.41. The van der Waals surface area contributed by atoms with Gasteiger partial charge in [0.05, 0.1) is 10.6 Å². The molecule has 0 spiro atoms. The van der Waals surface area contributed by atoms with Gasteiger partial charge in [-0.3, -0.25) is 9.10 Å². The van der Waals surface area contributed by atoms with Gasteiger partial charge in [0, 0.05) is 24.9 Å². The van der Waals surface area contributed by atoms with Gasteiger partial charge < -0.3 is 5.32 Å². The maximum Gasteiger partial charge on any atom is 0.265 e. The Morgan fingerprint density at radius 3 is 2.48 bits per heavy atom. The van der Waals surface area contributed by atoms with Crippen molar-refractivity contribution < 1.29 is 13.2 Å². The molecule has 3 aromatic carbocycles. The number of amides is 1. The van der Waals surface area contributed by atoms with Crippen LogP contribution >= 0.6 is 0 Å². The Labute approximate surface area is 171 Å². The summed E-state index contributed by atoms with van der Waals surface area (Å²) in [7, 11) is -3.56. The third-order valence-corrected chi connectivity index (χ3v) is 7.28. The highest BCUT2D eigenvalue weighted by Gasteiger charge is 2.34. The number of nitrogens with zero attached hydrogens (tertiary/aromatic N) is 1. The van der Waals surface area contributed by atoms with Gasteiger partial charge in [-0.1, -0.05) is 61.5 Å². The Hall–Kier alpha value is -2.86. The summed E-state index contributed by atoms with van der Waals surface area (Å²) in [5, 5.41) is 4.65. The summed E-state index contributed by atoms with van der Waals surface area (Å²) in [6.45, 7) is 2.93. The van der Waals surface area contributed by atoms with E-state index >= 15 is 0 Å². The Morgan fingerprint density at radius 2 is 1.72 bits per heavy atom. The molecule has 0 radical (unpaired) electrons. The zero-order valence-corrected chi connectivity index (χ0v) is 17.2. The number of hydrogen-bond donors (Lipinski definition) is 1. The summed E-state index contributed by atoms with van der Waals surface area (Å²) < 4.78 is 27.3. The first-order valence-corrected chi connectivity index (χ1v) is 11.3. The van der Waals surface area contributed by atoms with Gasteiger partial charge in [-0.15, -0.1) is 0 Å². The molecular formula is C23H24N2O3S. The first-order chi connectivity index (χ1) is 14.0. The van der Waals surface area contributed by atoms with Crippen molar-refractivity contribution in [1.82, 2.24) is 5.32 Å². The molecule has 1 aliphatic heterocycles. The number of sulfonamides is 1. The molecule has 0 fully saturated rings. The number of benzene rings is 3. The second kappa shape index (κ2) is 7.87. The third-order valence-electron chi connectivity index (χ3n) is 5.42. The maximum atomic E-state index is 12.9. The van der Waals surface area contributed by atoms with Crippen molar-refractivity contribution in [3.63, 3.8) is 0 Å². The molecule has 29 heavy (non-hydrogen) atoms. The highest BCUT2D eigenvalue weighted by atomic mass is 32.2. The van der Waals surface area contributed by atoms with Crippen molar-refractivity contribution in [3.05, 3.63) is 72.3 Å². The molecule has 1 amide bonds. The van der Waals surface area contributed by atoms with Gasteiger partial charge in [0.2, 0.25) is 5.91 Å². The minimum atomic E-state index is -3.56. The minimum Gasteiger partial charge on any atom is -0.356 e. The topological polar surface area (TPSA) is 66.5 Å². The number of carbonyl (C=O) groups is 1. The predicted octanol–water partition coefficient (Wildman–Crippen LogP) is 4.05. The van der Waals surface area contributed by atoms with E-state index in [1.54, 1.807) is 12.1 Å². The fraction of sp³-hybridized carbons (Fsp3) is 0.261. The van der Waals surface area contributed by atoms with Crippen LogP contribution in [0.3, 0.4) is 0 Å². The van der Waals surface area contributed by atoms with Crippen LogP contribution in [0.2, 0.25) is 0 Å². The van der Waals surface area contributed by atoms with Gasteiger partial charge in [-0.05, 0) is 35.4 Å². The van der Waals surface area contributed by atoms with E-state index in [1.165, 1.54) is 9.87 Å². The van der Waals surface area contributed by atoms with Crippen molar-refractivity contribution >= 4 is 32.4 Å². The molecule has 4 rings (SSSR count). The zero-order valence-electron chi connectivity index (χ0n) is 16.3. The lowest BCUT2D eigenvalue weighted by atomic mass is 10.0. The van der Waals surface area contributed by atoms with Gasteiger partial charge in [-0.2, -0.15) is 0 Å². The van der Waals surface area contributed by atoms with Gasteiger partial charge in [0.15, 0.2) is 0 Å². The molecule has 1 atom stereocenters. The summed E-state index contributed by atoms with van der Waals surface area (Å²) in [5.41, 5.74) is 1.89. The largest absolute Gasteiger partial charge is 0.356 e. The molecule has 0 saturated carbocycles. The number of nitrogens with one attached hydrogen (secondary N) is 1. The van der Waals surface area contributed by atoms with Crippen molar-refractivity contribution in [2.24, 2.45) is 0 Å². The molecule has 6 heteroatoms. The molecule has 0 bridgehead atoms. The van der Waals surface area contributed by atoms with E-state index in [9.17, 15) is 13.2 Å².